The smallest absolute Gasteiger partial charge is 0.477 e. The van der Waals surface area contributed by atoms with Crippen molar-refractivity contribution < 1.29 is 55.5 Å². The molecule has 18 heteroatoms. The standard InChI is InChI=1S/C31H41F3N5O9P/c1-29(2,3)47-49(43,48-30(4,5)6)46-16-39-15-19(28(42)45-9)20(14-22(39)36-27(41)17-10-11-17)35-26-23-21(38(7)37-26)13-12-18(24(23)44-8)25(40)31(32,33)34/h12-15,17,25,40H,10-11,16H2,1-9H3,(H,36,41)/t25-/m0/s1. The summed E-state index contributed by atoms with van der Waals surface area (Å²) >= 11 is 0. The summed E-state index contributed by atoms with van der Waals surface area (Å²) in [6, 6.07) is 3.72. The van der Waals surface area contributed by atoms with E-state index in [1.54, 1.807) is 41.5 Å². The molecular weight excluding hydrogens is 674 g/mol. The predicted octanol–water partition coefficient (Wildman–Crippen LogP) is 6.06. The van der Waals surface area contributed by atoms with Crippen molar-refractivity contribution in [1.82, 2.24) is 14.3 Å². The van der Waals surface area contributed by atoms with Crippen LogP contribution in [0.2, 0.25) is 0 Å². The van der Waals surface area contributed by atoms with Crippen molar-refractivity contribution in [3.05, 3.63) is 40.9 Å². The molecule has 1 aromatic carbocycles. The highest BCUT2D eigenvalue weighted by atomic mass is 31.2. The number of pyridine rings is 1. The number of ether oxygens (including phenoxy) is 2. The highest BCUT2D eigenvalue weighted by Crippen LogP contribution is 2.55. The Kier molecular flexibility index (Phi) is 10.8. The third kappa shape index (κ3) is 9.28. The van der Waals surface area contributed by atoms with Crippen LogP contribution in [0, 0.1) is 5.92 Å². The molecule has 49 heavy (non-hydrogen) atoms. The molecule has 0 bridgehead atoms. The number of phosphoric acid groups is 1. The van der Waals surface area contributed by atoms with Gasteiger partial charge in [-0.05, 0) is 60.5 Å². The Hall–Kier alpha value is -3.76. The van der Waals surface area contributed by atoms with E-state index in [0.29, 0.717) is 18.4 Å². The third-order valence-corrected chi connectivity index (χ3v) is 8.87. The second kappa shape index (κ2) is 13.9. The van der Waals surface area contributed by atoms with Gasteiger partial charge in [-0.25, -0.2) is 14.4 Å². The molecule has 1 fully saturated rings. The van der Waals surface area contributed by atoms with E-state index in [9.17, 15) is 32.4 Å². The number of amides is 1. The third-order valence-electron chi connectivity index (χ3n) is 6.89. The number of carbonyl (C=O) groups excluding carboxylic acids is 2. The van der Waals surface area contributed by atoms with Crippen molar-refractivity contribution in [1.29, 1.82) is 0 Å². The average molecular weight is 716 g/mol. The van der Waals surface area contributed by atoms with Gasteiger partial charge in [0.05, 0.1) is 41.7 Å². The number of benzene rings is 1. The van der Waals surface area contributed by atoms with Gasteiger partial charge in [0, 0.05) is 30.8 Å². The number of rotatable bonds is 11. The van der Waals surface area contributed by atoms with Crippen molar-refractivity contribution in [3.8, 4) is 5.75 Å². The molecule has 0 radical (unpaired) electrons. The molecule has 2 aromatic heterocycles. The molecule has 1 saturated carbocycles. The number of aromatic nitrogens is 3. The maximum atomic E-state index is 13.8. The average Bonchev–Trinajstić information content (AvgIpc) is 3.77. The van der Waals surface area contributed by atoms with Gasteiger partial charge in [0.15, 0.2) is 11.9 Å². The summed E-state index contributed by atoms with van der Waals surface area (Å²) in [4.78, 5) is 30.6. The van der Waals surface area contributed by atoms with Gasteiger partial charge < -0.3 is 24.5 Å². The van der Waals surface area contributed by atoms with Crippen LogP contribution in [0.4, 0.5) is 24.8 Å². The Balaban J connectivity index is 1.93. The zero-order valence-corrected chi connectivity index (χ0v) is 29.6. The van der Waals surface area contributed by atoms with Crippen LogP contribution in [0.5, 0.6) is 5.75 Å². The number of halogens is 3. The van der Waals surface area contributed by atoms with Gasteiger partial charge in [0.1, 0.15) is 23.9 Å². The van der Waals surface area contributed by atoms with Gasteiger partial charge in [-0.2, -0.15) is 18.3 Å². The molecule has 2 N–H and O–H groups in total. The Bertz CT molecular complexity index is 1830. The molecule has 0 saturated heterocycles. The highest BCUT2D eigenvalue weighted by molar-refractivity contribution is 7.48. The van der Waals surface area contributed by atoms with E-state index >= 15 is 0 Å². The van der Waals surface area contributed by atoms with Crippen LogP contribution in [0.3, 0.4) is 0 Å². The predicted molar refractivity (Wildman–Crippen MR) is 171 cm³/mol. The second-order valence-electron chi connectivity index (χ2n) is 13.4. The first-order chi connectivity index (χ1) is 22.6. The van der Waals surface area contributed by atoms with Gasteiger partial charge in [-0.3, -0.25) is 23.0 Å². The molecule has 1 atom stereocenters. The number of esters is 1. The zero-order valence-electron chi connectivity index (χ0n) is 28.7. The summed E-state index contributed by atoms with van der Waals surface area (Å²) in [5, 5.41) is 17.1. The molecular formula is C31H41F3N5O9P. The molecule has 1 amide bonds. The number of aryl methyl sites for hydroxylation is 1. The number of hydrogen-bond donors (Lipinski definition) is 2. The quantitative estimate of drug-likeness (QED) is 0.176. The van der Waals surface area contributed by atoms with Crippen LogP contribution in [0.15, 0.2) is 29.4 Å². The largest absolute Gasteiger partial charge is 0.496 e. The van der Waals surface area contributed by atoms with Crippen LogP contribution in [-0.2, 0) is 41.4 Å². The minimum absolute atomic E-state index is 0.0184. The fraction of sp³-hybridized carbons (Fsp3) is 0.548. The normalized spacial score (nSPS) is 15.4. The van der Waals surface area contributed by atoms with Crippen molar-refractivity contribution in [2.24, 2.45) is 18.0 Å². The first-order valence-corrected chi connectivity index (χ1v) is 16.6. The molecule has 0 unspecified atom stereocenters. The van der Waals surface area contributed by atoms with Gasteiger partial charge in [0.25, 0.3) is 0 Å². The van der Waals surface area contributed by atoms with Gasteiger partial charge in [-0.1, -0.05) is 6.07 Å². The lowest BCUT2D eigenvalue weighted by Gasteiger charge is -2.31. The number of anilines is 1. The first-order valence-electron chi connectivity index (χ1n) is 15.2. The number of phosphoric ester groups is 1. The molecule has 270 valence electrons. The molecule has 1 aliphatic carbocycles. The van der Waals surface area contributed by atoms with Crippen LogP contribution >= 0.6 is 7.82 Å². The topological polar surface area (TPSA) is 165 Å². The molecule has 14 nitrogen and oxygen atoms in total. The van der Waals surface area contributed by atoms with Crippen LogP contribution < -0.4 is 15.4 Å². The summed E-state index contributed by atoms with van der Waals surface area (Å²) < 4.78 is 84.5. The van der Waals surface area contributed by atoms with Gasteiger partial charge >= 0.3 is 20.0 Å². The van der Waals surface area contributed by atoms with Crippen molar-refractivity contribution in [3.63, 3.8) is 0 Å². The van der Waals surface area contributed by atoms with Crippen molar-refractivity contribution in [2.45, 2.75) is 84.6 Å². The lowest BCUT2D eigenvalue weighted by Crippen LogP contribution is -2.27. The number of fused-ring (bicyclic) bond motifs is 1. The number of aliphatic hydroxyl groups is 1. The van der Waals surface area contributed by atoms with E-state index < -0.39 is 49.6 Å². The molecule has 4 rings (SSSR count). The number of hydrogen-bond acceptors (Lipinski definition) is 11. The maximum Gasteiger partial charge on any atom is 0.477 e. The number of alkyl halides is 3. The number of methoxy groups -OCH3 is 2. The maximum absolute atomic E-state index is 13.8. The summed E-state index contributed by atoms with van der Waals surface area (Å²) in [5.41, 5.74) is -2.33. The zero-order chi connectivity index (χ0) is 36.7. The number of carbonyl (C=O) groups is 2. The minimum atomic E-state index is -5.00. The highest BCUT2D eigenvalue weighted by Gasteiger charge is 2.42. The fourth-order valence-electron chi connectivity index (χ4n) is 4.73. The summed E-state index contributed by atoms with van der Waals surface area (Å²) in [6.07, 6.45) is -5.29. The van der Waals surface area contributed by atoms with Crippen LogP contribution in [-0.4, -0.2) is 62.9 Å². The van der Waals surface area contributed by atoms with E-state index in [0.717, 1.165) is 20.3 Å². The van der Waals surface area contributed by atoms with E-state index in [4.69, 9.17) is 23.0 Å². The SMILES string of the molecule is COC(=O)c1cn(COP(=O)(OC(C)(C)C)OC(C)(C)C)c(NC(=O)C2CC2)cc1=Nc1nn(C)c2ccc([C@H](O)C(F)(F)F)c(OC)c12. The molecule has 1 aliphatic rings. The van der Waals surface area contributed by atoms with Crippen LogP contribution in [0.25, 0.3) is 10.9 Å². The number of aliphatic hydroxyl groups excluding tert-OH is 1. The Morgan fingerprint density at radius 3 is 2.22 bits per heavy atom. The summed E-state index contributed by atoms with van der Waals surface area (Å²) in [5.74, 6) is -1.90. The fourth-order valence-corrected chi connectivity index (χ4v) is 6.48. The van der Waals surface area contributed by atoms with E-state index in [-0.39, 0.29) is 45.5 Å². The molecule has 2 heterocycles. The minimum Gasteiger partial charge on any atom is -0.496 e. The lowest BCUT2D eigenvalue weighted by atomic mass is 10.0. The molecule has 0 spiro atoms. The van der Waals surface area contributed by atoms with Crippen molar-refractivity contribution in [2.75, 3.05) is 19.5 Å². The number of nitrogens with zero attached hydrogens (tertiary/aromatic N) is 4. The second-order valence-corrected chi connectivity index (χ2v) is 14.9. The number of nitrogens with one attached hydrogen (secondary N) is 1. The van der Waals surface area contributed by atoms with Crippen LogP contribution in [0.1, 0.15) is 76.4 Å². The first kappa shape index (κ1) is 38.0. The Labute approximate surface area is 280 Å². The van der Waals surface area contributed by atoms with E-state index in [2.05, 4.69) is 15.4 Å². The lowest BCUT2D eigenvalue weighted by molar-refractivity contribution is -0.207. The Morgan fingerprint density at radius 1 is 1.10 bits per heavy atom. The Morgan fingerprint density at radius 2 is 1.71 bits per heavy atom. The van der Waals surface area contributed by atoms with E-state index in [1.165, 1.54) is 34.6 Å². The molecule has 0 aliphatic heterocycles. The van der Waals surface area contributed by atoms with E-state index in [1.807, 2.05) is 0 Å². The molecule has 3 aromatic rings. The van der Waals surface area contributed by atoms with Crippen molar-refractivity contribution >= 4 is 42.2 Å². The van der Waals surface area contributed by atoms with Gasteiger partial charge in [-0.15, -0.1) is 0 Å². The van der Waals surface area contributed by atoms with Gasteiger partial charge in [0.2, 0.25) is 5.91 Å². The summed E-state index contributed by atoms with van der Waals surface area (Å²) in [7, 11) is -0.469. The summed E-state index contributed by atoms with van der Waals surface area (Å²) in [6.45, 7) is 9.45. The monoisotopic (exact) mass is 715 g/mol.